The number of methoxy groups -OCH3 is 1. The molecule has 0 radical (unpaired) electrons. The summed E-state index contributed by atoms with van der Waals surface area (Å²) in [6.07, 6.45) is 0.174. The number of benzene rings is 2. The molecule has 8 nitrogen and oxygen atoms in total. The molecule has 3 rings (SSSR count). The number of rotatable bonds is 7. The van der Waals surface area contributed by atoms with Gasteiger partial charge < -0.3 is 25.3 Å². The van der Waals surface area contributed by atoms with Crippen molar-refractivity contribution in [2.24, 2.45) is 5.73 Å². The zero-order valence-corrected chi connectivity index (χ0v) is 15.6. The maximum absolute atomic E-state index is 12.4. The molecule has 0 saturated heterocycles. The van der Waals surface area contributed by atoms with E-state index in [1.54, 1.807) is 50.4 Å². The summed E-state index contributed by atoms with van der Waals surface area (Å²) in [7, 11) is 1.56. The minimum absolute atomic E-state index is 0.140. The van der Waals surface area contributed by atoms with Crippen LogP contribution in [0, 0.1) is 6.92 Å². The Kier molecular flexibility index (Phi) is 5.60. The van der Waals surface area contributed by atoms with Crippen molar-refractivity contribution in [2.45, 2.75) is 25.9 Å². The van der Waals surface area contributed by atoms with Crippen LogP contribution >= 0.6 is 0 Å². The number of carboxylic acids is 1. The van der Waals surface area contributed by atoms with Gasteiger partial charge in [0.05, 0.1) is 18.0 Å². The first-order valence-corrected chi connectivity index (χ1v) is 8.68. The Morgan fingerprint density at radius 1 is 1.29 bits per heavy atom. The molecule has 0 aliphatic rings. The lowest BCUT2D eigenvalue weighted by Crippen LogP contribution is -2.32. The number of fused-ring (bicyclic) bond motifs is 1. The Bertz CT molecular complexity index is 1060. The molecule has 0 amide bonds. The van der Waals surface area contributed by atoms with Crippen molar-refractivity contribution in [1.82, 2.24) is 4.98 Å². The van der Waals surface area contributed by atoms with Gasteiger partial charge in [-0.05, 0) is 41.8 Å². The van der Waals surface area contributed by atoms with E-state index < -0.39 is 17.6 Å². The van der Waals surface area contributed by atoms with Crippen LogP contribution in [0.3, 0.4) is 0 Å². The van der Waals surface area contributed by atoms with E-state index in [2.05, 4.69) is 10.3 Å². The van der Waals surface area contributed by atoms with Crippen LogP contribution in [0.2, 0.25) is 0 Å². The predicted octanol–water partition coefficient (Wildman–Crippen LogP) is 2.07. The fourth-order valence-electron chi connectivity index (χ4n) is 2.99. The zero-order valence-electron chi connectivity index (χ0n) is 15.6. The number of nitrogens with two attached hydrogens (primary N) is 1. The second-order valence-corrected chi connectivity index (χ2v) is 6.34. The number of carboxylic acid groups (broad SMARTS) is 1. The third-order valence-electron chi connectivity index (χ3n) is 4.59. The highest BCUT2D eigenvalue weighted by Crippen LogP contribution is 2.20. The molecule has 0 aliphatic heterocycles. The largest absolute Gasteiger partial charge is 0.497 e. The lowest BCUT2D eigenvalue weighted by molar-refractivity contribution is -0.137. The summed E-state index contributed by atoms with van der Waals surface area (Å²) in [5, 5.41) is 12.6. The molecule has 0 spiro atoms. The second kappa shape index (κ2) is 8.10. The van der Waals surface area contributed by atoms with Gasteiger partial charge in [0, 0.05) is 13.0 Å². The number of aryl methyl sites for hydroxylation is 1. The average molecular weight is 383 g/mol. The smallest absolute Gasteiger partial charge is 0.348 e. The second-order valence-electron chi connectivity index (χ2n) is 6.34. The van der Waals surface area contributed by atoms with Crippen LogP contribution in [0.25, 0.3) is 10.9 Å². The molecule has 0 saturated carbocycles. The highest BCUT2D eigenvalue weighted by atomic mass is 16.5. The molecule has 8 heteroatoms. The molecule has 0 bridgehead atoms. The molecular weight excluding hydrogens is 362 g/mol. The van der Waals surface area contributed by atoms with Gasteiger partial charge in [0.2, 0.25) is 0 Å². The molecule has 4 N–H and O–H groups in total. The lowest BCUT2D eigenvalue weighted by atomic mass is 10.0. The molecule has 2 aromatic carbocycles. The molecule has 3 aromatic rings. The van der Waals surface area contributed by atoms with E-state index in [0.717, 1.165) is 11.1 Å². The van der Waals surface area contributed by atoms with Crippen LogP contribution in [0.1, 0.15) is 16.7 Å². The lowest BCUT2D eigenvalue weighted by Gasteiger charge is -2.15. The van der Waals surface area contributed by atoms with Crippen molar-refractivity contribution in [3.8, 4) is 5.75 Å². The number of aromatic nitrogens is 1. The maximum atomic E-state index is 12.4. The van der Waals surface area contributed by atoms with E-state index in [0.29, 0.717) is 28.8 Å². The summed E-state index contributed by atoms with van der Waals surface area (Å²) in [5.74, 6) is -0.409. The molecule has 1 atom stereocenters. The Labute approximate surface area is 161 Å². The van der Waals surface area contributed by atoms with Gasteiger partial charge in [-0.3, -0.25) is 0 Å². The molecule has 0 fully saturated rings. The standard InChI is InChI=1S/C20H21N3O5/c1-11-13(10-21)5-8-15-17(11)19(26)28-20(22-15)23-16(18(24)25)9-12-3-6-14(27-2)7-4-12/h3-8,16H,9-10,21H2,1-2H3,(H,22,23)(H,24,25)/t16-/m0/s1. The van der Waals surface area contributed by atoms with Crippen molar-refractivity contribution in [2.75, 3.05) is 12.4 Å². The van der Waals surface area contributed by atoms with Gasteiger partial charge in [-0.15, -0.1) is 0 Å². The minimum Gasteiger partial charge on any atom is -0.497 e. The van der Waals surface area contributed by atoms with Crippen LogP contribution < -0.4 is 21.4 Å². The number of aliphatic carboxylic acids is 1. The molecular formula is C20H21N3O5. The van der Waals surface area contributed by atoms with Crippen LogP contribution in [-0.4, -0.2) is 29.2 Å². The van der Waals surface area contributed by atoms with E-state index in [-0.39, 0.29) is 12.4 Å². The van der Waals surface area contributed by atoms with Gasteiger partial charge in [0.25, 0.3) is 6.01 Å². The van der Waals surface area contributed by atoms with Gasteiger partial charge in [-0.1, -0.05) is 18.2 Å². The van der Waals surface area contributed by atoms with Crippen LogP contribution in [0.5, 0.6) is 5.75 Å². The van der Waals surface area contributed by atoms with Crippen LogP contribution in [0.4, 0.5) is 6.01 Å². The van der Waals surface area contributed by atoms with Crippen LogP contribution in [0.15, 0.2) is 45.6 Å². The van der Waals surface area contributed by atoms with Gasteiger partial charge in [0.15, 0.2) is 0 Å². The highest BCUT2D eigenvalue weighted by molar-refractivity contribution is 5.83. The molecule has 0 unspecified atom stereocenters. The quantitative estimate of drug-likeness (QED) is 0.566. The van der Waals surface area contributed by atoms with Gasteiger partial charge in [0.1, 0.15) is 11.8 Å². The fourth-order valence-corrected chi connectivity index (χ4v) is 2.99. The summed E-state index contributed by atoms with van der Waals surface area (Å²) in [4.78, 5) is 28.4. The summed E-state index contributed by atoms with van der Waals surface area (Å²) in [5.41, 5.74) is 7.82. The number of carbonyl (C=O) groups is 1. The van der Waals surface area contributed by atoms with E-state index in [1.165, 1.54) is 0 Å². The third-order valence-corrected chi connectivity index (χ3v) is 4.59. The van der Waals surface area contributed by atoms with Gasteiger partial charge >= 0.3 is 11.6 Å². The van der Waals surface area contributed by atoms with Gasteiger partial charge in [-0.2, -0.15) is 4.98 Å². The van der Waals surface area contributed by atoms with Crippen LogP contribution in [-0.2, 0) is 17.8 Å². The Hall–Kier alpha value is -3.39. The highest BCUT2D eigenvalue weighted by Gasteiger charge is 2.21. The normalized spacial score (nSPS) is 12.0. The number of anilines is 1. The first kappa shape index (κ1) is 19.4. The monoisotopic (exact) mass is 383 g/mol. The Balaban J connectivity index is 1.89. The molecule has 0 aliphatic carbocycles. The van der Waals surface area contributed by atoms with Crippen molar-refractivity contribution in [3.63, 3.8) is 0 Å². The zero-order chi connectivity index (χ0) is 20.3. The number of ether oxygens (including phenoxy) is 1. The molecule has 28 heavy (non-hydrogen) atoms. The Morgan fingerprint density at radius 3 is 2.61 bits per heavy atom. The van der Waals surface area contributed by atoms with Crippen molar-refractivity contribution < 1.29 is 19.1 Å². The van der Waals surface area contributed by atoms with E-state index in [4.69, 9.17) is 14.9 Å². The topological polar surface area (TPSA) is 128 Å². The predicted molar refractivity (Wildman–Crippen MR) is 105 cm³/mol. The first-order chi connectivity index (χ1) is 13.4. The van der Waals surface area contributed by atoms with Crippen molar-refractivity contribution in [3.05, 3.63) is 63.5 Å². The van der Waals surface area contributed by atoms with E-state index in [1.807, 2.05) is 0 Å². The average Bonchev–Trinajstić information content (AvgIpc) is 2.68. The molecule has 146 valence electrons. The summed E-state index contributed by atoms with van der Waals surface area (Å²) >= 11 is 0. The molecule has 1 heterocycles. The van der Waals surface area contributed by atoms with Crippen molar-refractivity contribution in [1.29, 1.82) is 0 Å². The minimum atomic E-state index is -1.09. The number of hydrogen-bond acceptors (Lipinski definition) is 7. The SMILES string of the molecule is COc1ccc(C[C@H](Nc2nc3ccc(CN)c(C)c3c(=O)o2)C(=O)O)cc1. The number of nitrogens with zero attached hydrogens (tertiary/aromatic N) is 1. The van der Waals surface area contributed by atoms with E-state index >= 15 is 0 Å². The Morgan fingerprint density at radius 2 is 2.00 bits per heavy atom. The number of nitrogens with one attached hydrogen (secondary N) is 1. The first-order valence-electron chi connectivity index (χ1n) is 8.68. The molecule has 1 aromatic heterocycles. The van der Waals surface area contributed by atoms with Gasteiger partial charge in [-0.25, -0.2) is 9.59 Å². The summed E-state index contributed by atoms with van der Waals surface area (Å²) < 4.78 is 10.3. The number of hydrogen-bond donors (Lipinski definition) is 3. The summed E-state index contributed by atoms with van der Waals surface area (Å²) in [6, 6.07) is 9.35. The van der Waals surface area contributed by atoms with Crippen molar-refractivity contribution >= 4 is 22.9 Å². The maximum Gasteiger partial charge on any atom is 0.348 e. The van der Waals surface area contributed by atoms with E-state index in [9.17, 15) is 14.7 Å². The fraction of sp³-hybridized carbons (Fsp3) is 0.250. The third kappa shape index (κ3) is 3.96. The summed E-state index contributed by atoms with van der Waals surface area (Å²) in [6.45, 7) is 2.07.